The molecule has 0 amide bonds. The quantitative estimate of drug-likeness (QED) is 0.488. The SMILES string of the molecule is O=C(O)OC/C=C\COC(=O)O. The van der Waals surface area contributed by atoms with Crippen molar-refractivity contribution >= 4 is 12.3 Å². The van der Waals surface area contributed by atoms with Gasteiger partial charge in [-0.1, -0.05) is 0 Å². The summed E-state index contributed by atoms with van der Waals surface area (Å²) in [5.74, 6) is 0. The van der Waals surface area contributed by atoms with Gasteiger partial charge in [-0.15, -0.1) is 0 Å². The summed E-state index contributed by atoms with van der Waals surface area (Å²) >= 11 is 0. The van der Waals surface area contributed by atoms with Crippen molar-refractivity contribution < 1.29 is 29.3 Å². The number of ether oxygens (including phenoxy) is 2. The van der Waals surface area contributed by atoms with Crippen molar-refractivity contribution in [1.29, 1.82) is 0 Å². The van der Waals surface area contributed by atoms with E-state index in [0.717, 1.165) is 0 Å². The summed E-state index contributed by atoms with van der Waals surface area (Å²) in [4.78, 5) is 19.5. The predicted molar refractivity (Wildman–Crippen MR) is 37.1 cm³/mol. The van der Waals surface area contributed by atoms with Crippen LogP contribution in [0, 0.1) is 0 Å². The molecule has 0 unspecified atom stereocenters. The van der Waals surface area contributed by atoms with E-state index in [1.807, 2.05) is 0 Å². The fourth-order valence-corrected chi connectivity index (χ4v) is 0.375. The van der Waals surface area contributed by atoms with E-state index in [9.17, 15) is 9.59 Å². The Hall–Kier alpha value is -1.72. The molecule has 0 aliphatic rings. The first-order valence-corrected chi connectivity index (χ1v) is 2.99. The van der Waals surface area contributed by atoms with Gasteiger partial charge in [-0.2, -0.15) is 0 Å². The van der Waals surface area contributed by atoms with E-state index in [4.69, 9.17) is 10.2 Å². The normalized spacial score (nSPS) is 9.67. The van der Waals surface area contributed by atoms with Crippen LogP contribution in [0.25, 0.3) is 0 Å². The van der Waals surface area contributed by atoms with Gasteiger partial charge in [0.1, 0.15) is 13.2 Å². The molecule has 0 fully saturated rings. The average Bonchev–Trinajstić information content (AvgIpc) is 1.95. The lowest BCUT2D eigenvalue weighted by Gasteiger charge is -1.94. The second kappa shape index (κ2) is 6.02. The highest BCUT2D eigenvalue weighted by molar-refractivity contribution is 5.57. The average molecular weight is 176 g/mol. The first-order chi connectivity index (χ1) is 5.63. The number of carboxylic acid groups (broad SMARTS) is 2. The van der Waals surface area contributed by atoms with Gasteiger partial charge >= 0.3 is 12.3 Å². The third kappa shape index (κ3) is 8.28. The molecule has 0 heterocycles. The van der Waals surface area contributed by atoms with Crippen LogP contribution in [0.1, 0.15) is 0 Å². The van der Waals surface area contributed by atoms with E-state index in [1.165, 1.54) is 12.2 Å². The molecule has 0 rings (SSSR count). The second-order valence-electron chi connectivity index (χ2n) is 1.63. The molecule has 0 saturated heterocycles. The van der Waals surface area contributed by atoms with Crippen LogP contribution in [0.4, 0.5) is 9.59 Å². The molecular weight excluding hydrogens is 168 g/mol. The lowest BCUT2D eigenvalue weighted by Crippen LogP contribution is -2.01. The maximum absolute atomic E-state index is 9.76. The lowest BCUT2D eigenvalue weighted by atomic mass is 10.5. The minimum Gasteiger partial charge on any atom is -0.450 e. The third-order valence-corrected chi connectivity index (χ3v) is 0.773. The first-order valence-electron chi connectivity index (χ1n) is 2.99. The fourth-order valence-electron chi connectivity index (χ4n) is 0.375. The number of hydrogen-bond acceptors (Lipinski definition) is 4. The summed E-state index contributed by atoms with van der Waals surface area (Å²) < 4.78 is 8.15. The van der Waals surface area contributed by atoms with Crippen molar-refractivity contribution in [1.82, 2.24) is 0 Å². The summed E-state index contributed by atoms with van der Waals surface area (Å²) in [5.41, 5.74) is 0. The Morgan fingerprint density at radius 3 is 1.58 bits per heavy atom. The Morgan fingerprint density at radius 2 is 1.33 bits per heavy atom. The van der Waals surface area contributed by atoms with Crippen LogP contribution in [0.3, 0.4) is 0 Å². The lowest BCUT2D eigenvalue weighted by molar-refractivity contribution is 0.0976. The van der Waals surface area contributed by atoms with Gasteiger partial charge in [0.2, 0.25) is 0 Å². The predicted octanol–water partition coefficient (Wildman–Crippen LogP) is 0.932. The molecule has 0 radical (unpaired) electrons. The molecule has 0 aliphatic heterocycles. The Balaban J connectivity index is 3.26. The van der Waals surface area contributed by atoms with Crippen LogP contribution < -0.4 is 0 Å². The minimum atomic E-state index is -1.38. The largest absolute Gasteiger partial charge is 0.506 e. The van der Waals surface area contributed by atoms with Gasteiger partial charge in [-0.05, 0) is 12.2 Å². The monoisotopic (exact) mass is 176 g/mol. The van der Waals surface area contributed by atoms with Gasteiger partial charge in [0.25, 0.3) is 0 Å². The highest BCUT2D eigenvalue weighted by atomic mass is 16.7. The number of hydrogen-bond donors (Lipinski definition) is 2. The molecule has 0 bridgehead atoms. The summed E-state index contributed by atoms with van der Waals surface area (Å²) in [6.07, 6.45) is -0.0636. The van der Waals surface area contributed by atoms with E-state index in [0.29, 0.717) is 0 Å². The topological polar surface area (TPSA) is 93.1 Å². The standard InChI is InChI=1S/C6H8O6/c7-5(8)11-3-1-2-4-12-6(9)10/h1-2H,3-4H2,(H,7,8)(H,9,10)/b2-1-. The van der Waals surface area contributed by atoms with Gasteiger partial charge in [0.15, 0.2) is 0 Å². The van der Waals surface area contributed by atoms with Crippen molar-refractivity contribution in [3.05, 3.63) is 12.2 Å². The Labute approximate surface area is 68.0 Å². The van der Waals surface area contributed by atoms with E-state index < -0.39 is 12.3 Å². The molecule has 68 valence electrons. The molecule has 0 aromatic heterocycles. The zero-order chi connectivity index (χ0) is 9.40. The van der Waals surface area contributed by atoms with Gasteiger partial charge < -0.3 is 19.7 Å². The van der Waals surface area contributed by atoms with Gasteiger partial charge in [-0.25, -0.2) is 9.59 Å². The maximum Gasteiger partial charge on any atom is 0.506 e. The van der Waals surface area contributed by atoms with Gasteiger partial charge in [0.05, 0.1) is 0 Å². The van der Waals surface area contributed by atoms with Crippen LogP contribution in [-0.2, 0) is 9.47 Å². The molecule has 0 aromatic carbocycles. The maximum atomic E-state index is 9.76. The smallest absolute Gasteiger partial charge is 0.450 e. The molecule has 0 aliphatic carbocycles. The van der Waals surface area contributed by atoms with Crippen molar-refractivity contribution in [2.75, 3.05) is 13.2 Å². The van der Waals surface area contributed by atoms with Gasteiger partial charge in [0, 0.05) is 0 Å². The Kier molecular flexibility index (Phi) is 5.16. The minimum absolute atomic E-state index is 0.113. The second-order valence-corrected chi connectivity index (χ2v) is 1.63. The van der Waals surface area contributed by atoms with Crippen LogP contribution >= 0.6 is 0 Å². The van der Waals surface area contributed by atoms with Crippen LogP contribution in [0.2, 0.25) is 0 Å². The molecule has 6 heteroatoms. The van der Waals surface area contributed by atoms with E-state index >= 15 is 0 Å². The summed E-state index contributed by atoms with van der Waals surface area (Å²) in [5, 5.41) is 16.0. The molecule has 0 aromatic rings. The Bertz CT molecular complexity index is 164. The highest BCUT2D eigenvalue weighted by Gasteiger charge is 1.92. The van der Waals surface area contributed by atoms with Crippen LogP contribution in [0.15, 0.2) is 12.2 Å². The van der Waals surface area contributed by atoms with Crippen molar-refractivity contribution in [2.24, 2.45) is 0 Å². The summed E-state index contributed by atoms with van der Waals surface area (Å²) in [6.45, 7) is -0.226. The van der Waals surface area contributed by atoms with Crippen LogP contribution in [0.5, 0.6) is 0 Å². The molecule has 6 nitrogen and oxygen atoms in total. The zero-order valence-electron chi connectivity index (χ0n) is 6.10. The van der Waals surface area contributed by atoms with Crippen LogP contribution in [-0.4, -0.2) is 35.7 Å². The molecule has 0 atom stereocenters. The first kappa shape index (κ1) is 10.3. The van der Waals surface area contributed by atoms with E-state index in [-0.39, 0.29) is 13.2 Å². The third-order valence-electron chi connectivity index (χ3n) is 0.773. The number of rotatable bonds is 4. The summed E-state index contributed by atoms with van der Waals surface area (Å²) in [6, 6.07) is 0. The van der Waals surface area contributed by atoms with E-state index in [1.54, 1.807) is 0 Å². The zero-order valence-corrected chi connectivity index (χ0v) is 6.10. The van der Waals surface area contributed by atoms with E-state index in [2.05, 4.69) is 9.47 Å². The highest BCUT2D eigenvalue weighted by Crippen LogP contribution is 1.81. The Morgan fingerprint density at radius 1 is 1.00 bits per heavy atom. The molecule has 12 heavy (non-hydrogen) atoms. The van der Waals surface area contributed by atoms with Crippen molar-refractivity contribution in [3.63, 3.8) is 0 Å². The number of carbonyl (C=O) groups is 2. The summed E-state index contributed by atoms with van der Waals surface area (Å²) in [7, 11) is 0. The van der Waals surface area contributed by atoms with Gasteiger partial charge in [-0.3, -0.25) is 0 Å². The van der Waals surface area contributed by atoms with Crippen molar-refractivity contribution in [3.8, 4) is 0 Å². The van der Waals surface area contributed by atoms with Crippen molar-refractivity contribution in [2.45, 2.75) is 0 Å². The molecular formula is C6H8O6. The molecule has 0 spiro atoms. The fraction of sp³-hybridized carbons (Fsp3) is 0.333. The molecule has 0 saturated carbocycles. The molecule has 2 N–H and O–H groups in total.